The zero-order chi connectivity index (χ0) is 23.2. The number of ketones is 1. The minimum Gasteiger partial charge on any atom is -0.341 e. The van der Waals surface area contributed by atoms with E-state index in [1.54, 1.807) is 19.1 Å². The zero-order valence-corrected chi connectivity index (χ0v) is 20.9. The number of piperidine rings is 1. The summed E-state index contributed by atoms with van der Waals surface area (Å²) in [4.78, 5) is 15.3. The van der Waals surface area contributed by atoms with Crippen LogP contribution < -0.4 is 9.21 Å². The molecule has 0 atom stereocenters. The van der Waals surface area contributed by atoms with Gasteiger partial charge in [-0.25, -0.2) is 8.42 Å². The summed E-state index contributed by atoms with van der Waals surface area (Å²) in [7, 11) is -3.29. The summed E-state index contributed by atoms with van der Waals surface area (Å²) in [6, 6.07) is 5.82. The van der Waals surface area contributed by atoms with E-state index in [0.717, 1.165) is 48.5 Å². The Kier molecular flexibility index (Phi) is 6.15. The second-order valence-corrected chi connectivity index (χ2v) is 12.5. The Morgan fingerprint density at radius 2 is 1.88 bits per heavy atom. The standard InChI is InChI=1S/C23H31N5O3S2/c1-3-33(30,31)27-13-10-17-14-18(4-7-20(17)27)21(29)15-32-23-25-24-22(28(23)19-5-6-19)26-11-8-16(2)9-12-26/h4,7,14,16,19H,3,5-6,8-13,15H2,1-2H3. The molecule has 2 fully saturated rings. The highest BCUT2D eigenvalue weighted by Gasteiger charge is 2.33. The van der Waals surface area contributed by atoms with Crippen LogP contribution in [0.4, 0.5) is 11.6 Å². The lowest BCUT2D eigenvalue weighted by atomic mass is 10.00. The Labute approximate surface area is 199 Å². The summed E-state index contributed by atoms with van der Waals surface area (Å²) in [5, 5.41) is 9.78. The highest BCUT2D eigenvalue weighted by Crippen LogP contribution is 2.41. The molecule has 2 aliphatic heterocycles. The van der Waals surface area contributed by atoms with Gasteiger partial charge in [0.15, 0.2) is 10.9 Å². The van der Waals surface area contributed by atoms with Crippen LogP contribution in [0.25, 0.3) is 0 Å². The number of hydrogen-bond acceptors (Lipinski definition) is 7. The van der Waals surface area contributed by atoms with Crippen molar-refractivity contribution in [3.8, 4) is 0 Å². The number of thioether (sulfide) groups is 1. The van der Waals surface area contributed by atoms with Crippen molar-refractivity contribution in [1.29, 1.82) is 0 Å². The van der Waals surface area contributed by atoms with Crippen molar-refractivity contribution in [2.75, 3.05) is 40.3 Å². The molecule has 33 heavy (non-hydrogen) atoms. The van der Waals surface area contributed by atoms with Gasteiger partial charge in [0.25, 0.3) is 0 Å². The van der Waals surface area contributed by atoms with Gasteiger partial charge in [0.05, 0.1) is 17.2 Å². The lowest BCUT2D eigenvalue weighted by molar-refractivity contribution is 0.102. The third-order valence-corrected chi connectivity index (χ3v) is 9.64. The van der Waals surface area contributed by atoms with E-state index in [1.807, 2.05) is 6.07 Å². The van der Waals surface area contributed by atoms with Crippen molar-refractivity contribution < 1.29 is 13.2 Å². The smallest absolute Gasteiger partial charge is 0.234 e. The SMILES string of the molecule is CCS(=O)(=O)N1CCc2cc(C(=O)CSc3nnc(N4CCC(C)CC4)n3C3CC3)ccc21. The molecule has 1 saturated heterocycles. The normalized spacial score (nSPS) is 19.2. The topological polar surface area (TPSA) is 88.4 Å². The average molecular weight is 490 g/mol. The summed E-state index contributed by atoms with van der Waals surface area (Å²) in [6.07, 6.45) is 5.26. The van der Waals surface area contributed by atoms with Gasteiger partial charge in [-0.3, -0.25) is 13.7 Å². The van der Waals surface area contributed by atoms with Gasteiger partial charge in [0.2, 0.25) is 16.0 Å². The van der Waals surface area contributed by atoms with Crippen LogP contribution in [-0.4, -0.2) is 60.1 Å². The number of fused-ring (bicyclic) bond motifs is 1. The summed E-state index contributed by atoms with van der Waals surface area (Å²) < 4.78 is 28.3. The first-order valence-corrected chi connectivity index (χ1v) is 14.5. The summed E-state index contributed by atoms with van der Waals surface area (Å²) in [5.41, 5.74) is 2.25. The van der Waals surface area contributed by atoms with Gasteiger partial charge in [-0.15, -0.1) is 10.2 Å². The Morgan fingerprint density at radius 3 is 2.58 bits per heavy atom. The number of carbonyl (C=O) groups is 1. The van der Waals surface area contributed by atoms with E-state index in [1.165, 1.54) is 28.9 Å². The number of Topliss-reactive ketones (excluding diaryl/α,β-unsaturated/α-hetero) is 1. The molecule has 10 heteroatoms. The van der Waals surface area contributed by atoms with Gasteiger partial charge in [-0.2, -0.15) is 0 Å². The molecule has 0 N–H and O–H groups in total. The first kappa shape index (κ1) is 22.7. The fourth-order valence-corrected chi connectivity index (χ4v) is 6.70. The van der Waals surface area contributed by atoms with Crippen molar-refractivity contribution in [2.24, 2.45) is 5.92 Å². The number of rotatable bonds is 8. The minimum absolute atomic E-state index is 0.0262. The van der Waals surface area contributed by atoms with Crippen LogP contribution in [0.15, 0.2) is 23.4 Å². The van der Waals surface area contributed by atoms with Gasteiger partial charge in [-0.05, 0) is 68.7 Å². The monoisotopic (exact) mass is 489 g/mol. The summed E-state index contributed by atoms with van der Waals surface area (Å²) in [6.45, 7) is 6.42. The molecule has 178 valence electrons. The van der Waals surface area contributed by atoms with E-state index in [0.29, 0.717) is 30.3 Å². The van der Waals surface area contributed by atoms with Crippen LogP contribution >= 0.6 is 11.8 Å². The number of hydrogen-bond donors (Lipinski definition) is 0. The molecule has 1 aromatic heterocycles. The fourth-order valence-electron chi connectivity index (χ4n) is 4.65. The Bertz CT molecular complexity index is 1150. The van der Waals surface area contributed by atoms with E-state index >= 15 is 0 Å². The Morgan fingerprint density at radius 1 is 1.12 bits per heavy atom. The van der Waals surface area contributed by atoms with Gasteiger partial charge in [-0.1, -0.05) is 18.7 Å². The third kappa shape index (κ3) is 4.51. The summed E-state index contributed by atoms with van der Waals surface area (Å²) in [5.74, 6) is 2.10. The molecule has 2 aromatic rings. The number of carbonyl (C=O) groups excluding carboxylic acids is 1. The zero-order valence-electron chi connectivity index (χ0n) is 19.2. The molecule has 3 heterocycles. The molecule has 8 nitrogen and oxygen atoms in total. The highest BCUT2D eigenvalue weighted by atomic mass is 32.2. The Hall–Kier alpha value is -2.07. The van der Waals surface area contributed by atoms with Crippen molar-refractivity contribution in [2.45, 2.75) is 57.1 Å². The lowest BCUT2D eigenvalue weighted by Crippen LogP contribution is -2.34. The molecule has 1 aliphatic carbocycles. The molecule has 0 radical (unpaired) electrons. The van der Waals surface area contributed by atoms with Crippen LogP contribution in [0, 0.1) is 5.92 Å². The van der Waals surface area contributed by atoms with Crippen LogP contribution in [0.3, 0.4) is 0 Å². The molecule has 0 bridgehead atoms. The number of sulfonamides is 1. The van der Waals surface area contributed by atoms with Gasteiger partial charge in [0.1, 0.15) is 0 Å². The number of benzene rings is 1. The molecule has 0 unspecified atom stereocenters. The predicted molar refractivity (Wildman–Crippen MR) is 131 cm³/mol. The summed E-state index contributed by atoms with van der Waals surface area (Å²) >= 11 is 1.45. The van der Waals surface area contributed by atoms with Crippen LogP contribution in [0.1, 0.15) is 61.5 Å². The molecule has 5 rings (SSSR count). The molecule has 1 aromatic carbocycles. The van der Waals surface area contributed by atoms with Gasteiger partial charge >= 0.3 is 0 Å². The fraction of sp³-hybridized carbons (Fsp3) is 0.609. The van der Waals surface area contributed by atoms with Crippen molar-refractivity contribution in [3.05, 3.63) is 29.3 Å². The van der Waals surface area contributed by atoms with E-state index in [9.17, 15) is 13.2 Å². The molecular weight excluding hydrogens is 458 g/mol. The maximum Gasteiger partial charge on any atom is 0.234 e. The quantitative estimate of drug-likeness (QED) is 0.414. The highest BCUT2D eigenvalue weighted by molar-refractivity contribution is 7.99. The van der Waals surface area contributed by atoms with Crippen molar-refractivity contribution in [1.82, 2.24) is 14.8 Å². The van der Waals surface area contributed by atoms with Gasteiger partial charge in [0, 0.05) is 31.2 Å². The number of anilines is 2. The Balaban J connectivity index is 1.28. The first-order chi connectivity index (χ1) is 15.9. The first-order valence-electron chi connectivity index (χ1n) is 11.9. The molecule has 1 saturated carbocycles. The molecule has 3 aliphatic rings. The van der Waals surface area contributed by atoms with Crippen LogP contribution in [0.2, 0.25) is 0 Å². The molecular formula is C23H31N5O3S2. The van der Waals surface area contributed by atoms with E-state index in [-0.39, 0.29) is 17.3 Å². The van der Waals surface area contributed by atoms with Gasteiger partial charge < -0.3 is 4.90 Å². The van der Waals surface area contributed by atoms with Crippen LogP contribution in [-0.2, 0) is 16.4 Å². The minimum atomic E-state index is -3.29. The van der Waals surface area contributed by atoms with E-state index < -0.39 is 10.0 Å². The number of aromatic nitrogens is 3. The average Bonchev–Trinajstić information content (AvgIpc) is 3.41. The molecule has 0 amide bonds. The predicted octanol–water partition coefficient (Wildman–Crippen LogP) is 3.54. The largest absolute Gasteiger partial charge is 0.341 e. The van der Waals surface area contributed by atoms with Crippen LogP contribution in [0.5, 0.6) is 0 Å². The second kappa shape index (κ2) is 8.94. The van der Waals surface area contributed by atoms with E-state index in [4.69, 9.17) is 0 Å². The number of nitrogens with zero attached hydrogens (tertiary/aromatic N) is 5. The molecule has 0 spiro atoms. The lowest BCUT2D eigenvalue weighted by Gasteiger charge is -2.31. The maximum absolute atomic E-state index is 13.0. The van der Waals surface area contributed by atoms with Crippen molar-refractivity contribution >= 4 is 39.2 Å². The van der Waals surface area contributed by atoms with Crippen molar-refractivity contribution in [3.63, 3.8) is 0 Å². The second-order valence-electron chi connectivity index (χ2n) is 9.33. The third-order valence-electron chi connectivity index (χ3n) is 6.91. The van der Waals surface area contributed by atoms with E-state index in [2.05, 4.69) is 26.6 Å². The maximum atomic E-state index is 13.0.